The van der Waals surface area contributed by atoms with Crippen LogP contribution in [-0.2, 0) is 13.1 Å². The summed E-state index contributed by atoms with van der Waals surface area (Å²) in [6, 6.07) is 15.7. The Bertz CT molecular complexity index is 1020. The van der Waals surface area contributed by atoms with E-state index < -0.39 is 6.10 Å². The molecule has 6 nitrogen and oxygen atoms in total. The monoisotopic (exact) mass is 444 g/mol. The molecule has 2 heterocycles. The highest BCUT2D eigenvalue weighted by molar-refractivity contribution is 5.85. The molecule has 2 aromatic carbocycles. The van der Waals surface area contributed by atoms with Crippen LogP contribution in [-0.4, -0.2) is 45.4 Å². The molecule has 0 spiro atoms. The minimum atomic E-state index is -0.684. The predicted octanol–water partition coefficient (Wildman–Crippen LogP) is 3.96. The first kappa shape index (κ1) is 23.4. The first-order chi connectivity index (χ1) is 14.7. The number of rotatable bonds is 8. The Morgan fingerprint density at radius 3 is 2.23 bits per heavy atom. The van der Waals surface area contributed by atoms with Crippen LogP contribution < -0.4 is 10.4 Å². The molecule has 1 aliphatic heterocycles. The third-order valence-electron chi connectivity index (χ3n) is 5.99. The first-order valence-electron chi connectivity index (χ1n) is 11.0. The van der Waals surface area contributed by atoms with E-state index >= 15 is 0 Å². The number of halogens is 1. The zero-order valence-electron chi connectivity index (χ0n) is 18.2. The van der Waals surface area contributed by atoms with Crippen molar-refractivity contribution in [1.29, 1.82) is 5.41 Å². The zero-order chi connectivity index (χ0) is 20.9. The molecule has 2 N–H and O–H groups in total. The van der Waals surface area contributed by atoms with Gasteiger partial charge in [0, 0.05) is 13.1 Å². The van der Waals surface area contributed by atoms with Gasteiger partial charge in [-0.2, -0.15) is 0 Å². The number of hydrogen-bond donors (Lipinski definition) is 2. The van der Waals surface area contributed by atoms with E-state index in [1.165, 1.54) is 19.3 Å². The second kappa shape index (κ2) is 10.8. The third-order valence-corrected chi connectivity index (χ3v) is 5.99. The number of benzene rings is 2. The van der Waals surface area contributed by atoms with Gasteiger partial charge < -0.3 is 23.9 Å². The lowest BCUT2D eigenvalue weighted by Crippen LogP contribution is -2.35. The molecule has 31 heavy (non-hydrogen) atoms. The number of aromatic nitrogens is 2. The summed E-state index contributed by atoms with van der Waals surface area (Å²) in [5.41, 5.74) is 3.32. The van der Waals surface area contributed by atoms with Gasteiger partial charge in [-0.15, -0.1) is 12.4 Å². The van der Waals surface area contributed by atoms with Crippen molar-refractivity contribution in [1.82, 2.24) is 14.0 Å². The van der Waals surface area contributed by atoms with Crippen molar-refractivity contribution >= 4 is 23.4 Å². The fraction of sp³-hybridized carbons (Fsp3) is 0.458. The maximum absolute atomic E-state index is 10.9. The Labute approximate surface area is 190 Å². The highest BCUT2D eigenvalue weighted by Gasteiger charge is 2.16. The third kappa shape index (κ3) is 5.32. The summed E-state index contributed by atoms with van der Waals surface area (Å²) >= 11 is 0. The van der Waals surface area contributed by atoms with E-state index in [9.17, 15) is 5.11 Å². The van der Waals surface area contributed by atoms with Crippen molar-refractivity contribution in [2.45, 2.75) is 45.4 Å². The van der Waals surface area contributed by atoms with E-state index in [0.29, 0.717) is 18.8 Å². The number of nitrogens with zero attached hydrogens (tertiary/aromatic N) is 3. The molecule has 4 rings (SSSR count). The van der Waals surface area contributed by atoms with Gasteiger partial charge in [0.1, 0.15) is 5.75 Å². The van der Waals surface area contributed by atoms with E-state index in [-0.39, 0.29) is 12.4 Å². The van der Waals surface area contributed by atoms with Crippen molar-refractivity contribution in [3.05, 3.63) is 59.7 Å². The molecule has 0 aliphatic carbocycles. The molecular weight excluding hydrogens is 412 g/mol. The molecule has 1 aliphatic rings. The average Bonchev–Trinajstić information content (AvgIpc) is 3.04. The van der Waals surface area contributed by atoms with E-state index in [1.807, 2.05) is 54.0 Å². The molecule has 0 amide bonds. The second-order valence-electron chi connectivity index (χ2n) is 7.99. The number of hydrogen-bond acceptors (Lipinski definition) is 4. The van der Waals surface area contributed by atoms with Crippen LogP contribution >= 0.6 is 12.4 Å². The highest BCUT2D eigenvalue weighted by atomic mass is 35.5. The molecule has 3 aromatic rings. The molecule has 1 saturated heterocycles. The summed E-state index contributed by atoms with van der Waals surface area (Å²) in [4.78, 5) is 2.50. The minimum Gasteiger partial charge on any atom is -0.494 e. The summed E-state index contributed by atoms with van der Waals surface area (Å²) in [7, 11) is 0. The molecule has 1 aromatic heterocycles. The van der Waals surface area contributed by atoms with Crippen LogP contribution in [0.15, 0.2) is 48.5 Å². The fourth-order valence-corrected chi connectivity index (χ4v) is 4.36. The molecule has 1 atom stereocenters. The van der Waals surface area contributed by atoms with Crippen molar-refractivity contribution in [2.75, 3.05) is 26.2 Å². The van der Waals surface area contributed by atoms with Gasteiger partial charge in [-0.25, -0.2) is 0 Å². The van der Waals surface area contributed by atoms with Crippen LogP contribution in [0.4, 0.5) is 0 Å². The van der Waals surface area contributed by atoms with E-state index in [1.54, 1.807) is 0 Å². The Morgan fingerprint density at radius 1 is 0.935 bits per heavy atom. The van der Waals surface area contributed by atoms with Crippen molar-refractivity contribution in [3.63, 3.8) is 0 Å². The average molecular weight is 445 g/mol. The maximum atomic E-state index is 10.9. The number of aliphatic hydroxyl groups is 1. The largest absolute Gasteiger partial charge is 0.494 e. The van der Waals surface area contributed by atoms with Crippen LogP contribution in [0.1, 0.15) is 37.9 Å². The van der Waals surface area contributed by atoms with Crippen LogP contribution in [0.5, 0.6) is 5.75 Å². The first-order valence-corrected chi connectivity index (χ1v) is 11.0. The topological polar surface area (TPSA) is 66.4 Å². The summed E-state index contributed by atoms with van der Waals surface area (Å²) in [5, 5.41) is 19.7. The van der Waals surface area contributed by atoms with Crippen molar-refractivity contribution in [3.8, 4) is 5.75 Å². The Balaban J connectivity index is 0.00000272. The standard InChI is InChI=1S/C24H32N4O2.ClH/c1-2-30-20-12-10-19(11-13-20)23(29)18-28-22-9-5-4-8-21(22)27(24(28)25)17-16-26-14-6-3-7-15-26;/h4-5,8-13,23,25,29H,2-3,6-7,14-18H2,1H3;1H. The minimum absolute atomic E-state index is 0. The smallest absolute Gasteiger partial charge is 0.203 e. The molecule has 0 bridgehead atoms. The lowest BCUT2D eigenvalue weighted by Gasteiger charge is -2.26. The van der Waals surface area contributed by atoms with Crippen LogP contribution in [0.25, 0.3) is 11.0 Å². The van der Waals surface area contributed by atoms with Gasteiger partial charge in [-0.3, -0.25) is 5.41 Å². The Hall–Kier alpha value is -2.28. The van der Waals surface area contributed by atoms with E-state index in [2.05, 4.69) is 15.5 Å². The SMILES string of the molecule is CCOc1ccc(C(O)Cn2c(=N)n(CCN3CCCCC3)c3ccccc32)cc1.Cl. The summed E-state index contributed by atoms with van der Waals surface area (Å²) < 4.78 is 9.49. The number of likely N-dealkylation sites (tertiary alicyclic amines) is 1. The van der Waals surface area contributed by atoms with Crippen LogP contribution in [0.2, 0.25) is 0 Å². The van der Waals surface area contributed by atoms with Gasteiger partial charge in [0.25, 0.3) is 0 Å². The highest BCUT2D eigenvalue weighted by Crippen LogP contribution is 2.21. The number of fused-ring (bicyclic) bond motifs is 1. The van der Waals surface area contributed by atoms with Gasteiger partial charge in [0.2, 0.25) is 5.62 Å². The Morgan fingerprint density at radius 2 is 1.58 bits per heavy atom. The molecule has 0 radical (unpaired) electrons. The lowest BCUT2D eigenvalue weighted by molar-refractivity contribution is 0.155. The summed E-state index contributed by atoms with van der Waals surface area (Å²) in [5.74, 6) is 0.802. The van der Waals surface area contributed by atoms with Gasteiger partial charge in [-0.1, -0.05) is 30.7 Å². The van der Waals surface area contributed by atoms with E-state index in [4.69, 9.17) is 10.1 Å². The van der Waals surface area contributed by atoms with Gasteiger partial charge in [-0.05, 0) is 62.7 Å². The van der Waals surface area contributed by atoms with Crippen molar-refractivity contribution in [2.24, 2.45) is 0 Å². The second-order valence-corrected chi connectivity index (χ2v) is 7.99. The number of nitrogens with one attached hydrogen (secondary N) is 1. The molecule has 1 fully saturated rings. The van der Waals surface area contributed by atoms with Gasteiger partial charge >= 0.3 is 0 Å². The number of aliphatic hydroxyl groups excluding tert-OH is 1. The molecular formula is C24H33ClN4O2. The molecule has 1 unspecified atom stereocenters. The van der Waals surface area contributed by atoms with E-state index in [0.717, 1.165) is 48.5 Å². The fourth-order valence-electron chi connectivity index (χ4n) is 4.36. The predicted molar refractivity (Wildman–Crippen MR) is 126 cm³/mol. The summed E-state index contributed by atoms with van der Waals surface area (Å²) in [6.07, 6.45) is 3.19. The lowest BCUT2D eigenvalue weighted by atomic mass is 10.1. The van der Waals surface area contributed by atoms with Gasteiger partial charge in [0.05, 0.1) is 30.3 Å². The molecule has 7 heteroatoms. The number of ether oxygens (including phenoxy) is 1. The zero-order valence-corrected chi connectivity index (χ0v) is 19.0. The van der Waals surface area contributed by atoms with Crippen LogP contribution in [0.3, 0.4) is 0 Å². The van der Waals surface area contributed by atoms with Crippen molar-refractivity contribution < 1.29 is 9.84 Å². The maximum Gasteiger partial charge on any atom is 0.203 e. The van der Waals surface area contributed by atoms with Gasteiger partial charge in [0.15, 0.2) is 0 Å². The summed E-state index contributed by atoms with van der Waals surface area (Å²) in [6.45, 7) is 7.00. The quantitative estimate of drug-likeness (QED) is 0.552. The number of piperidine rings is 1. The molecule has 0 saturated carbocycles. The molecule has 168 valence electrons. The number of para-hydroxylation sites is 2. The van der Waals surface area contributed by atoms with Crippen LogP contribution in [0, 0.1) is 5.41 Å². The number of imidazole rings is 1. The normalized spacial score (nSPS) is 15.5. The Kier molecular flexibility index (Phi) is 8.18.